The molecule has 106 valence electrons. The number of hydrogen-bond donors (Lipinski definition) is 1. The molecule has 0 aliphatic carbocycles. The fraction of sp³-hybridized carbons (Fsp3) is 0.312. The van der Waals surface area contributed by atoms with Crippen molar-refractivity contribution in [3.63, 3.8) is 0 Å². The van der Waals surface area contributed by atoms with Crippen LogP contribution in [0.5, 0.6) is 11.6 Å². The van der Waals surface area contributed by atoms with Crippen LogP contribution in [0.3, 0.4) is 0 Å². The molecule has 0 aliphatic heterocycles. The Morgan fingerprint density at radius 3 is 2.90 bits per heavy atom. The maximum Gasteiger partial charge on any atom is 0.223 e. The lowest BCUT2D eigenvalue weighted by molar-refractivity contribution is 0.449. The summed E-state index contributed by atoms with van der Waals surface area (Å²) in [6, 6.07) is 9.52. The first-order valence-corrected chi connectivity index (χ1v) is 7.17. The van der Waals surface area contributed by atoms with Crippen molar-refractivity contribution >= 4 is 11.6 Å². The minimum absolute atomic E-state index is 0.640. The maximum absolute atomic E-state index is 5.95. The molecule has 20 heavy (non-hydrogen) atoms. The average Bonchev–Trinajstić information content (AvgIpc) is 2.44. The molecule has 0 radical (unpaired) electrons. The Bertz CT molecular complexity index is 572. The summed E-state index contributed by atoms with van der Waals surface area (Å²) < 4.78 is 5.92. The van der Waals surface area contributed by atoms with Gasteiger partial charge in [-0.15, -0.1) is 0 Å². The molecule has 1 aromatic carbocycles. The normalized spacial score (nSPS) is 10.6. The molecule has 0 unspecified atom stereocenters. The largest absolute Gasteiger partial charge is 0.438 e. The third-order valence-corrected chi connectivity index (χ3v) is 3.17. The van der Waals surface area contributed by atoms with E-state index < -0.39 is 0 Å². The third-order valence-electron chi connectivity index (χ3n) is 2.94. The van der Waals surface area contributed by atoms with Gasteiger partial charge in [0.2, 0.25) is 5.88 Å². The smallest absolute Gasteiger partial charge is 0.223 e. The standard InChI is InChI=1S/C16H19ClN2O/c1-3-8-18-11-13-5-4-9-19-16(13)20-15-7-6-14(17)10-12(15)2/h4-7,9-10,18H,3,8,11H2,1-2H3. The summed E-state index contributed by atoms with van der Waals surface area (Å²) in [6.07, 6.45) is 2.84. The second-order valence-electron chi connectivity index (χ2n) is 4.66. The van der Waals surface area contributed by atoms with Crippen LogP contribution in [-0.2, 0) is 6.54 Å². The zero-order valence-electron chi connectivity index (χ0n) is 11.8. The lowest BCUT2D eigenvalue weighted by Gasteiger charge is -2.12. The number of halogens is 1. The van der Waals surface area contributed by atoms with Crippen molar-refractivity contribution in [1.82, 2.24) is 10.3 Å². The lowest BCUT2D eigenvalue weighted by atomic mass is 10.2. The molecule has 0 atom stereocenters. The van der Waals surface area contributed by atoms with Crippen molar-refractivity contribution in [1.29, 1.82) is 0 Å². The summed E-state index contributed by atoms with van der Waals surface area (Å²) in [4.78, 5) is 4.32. The van der Waals surface area contributed by atoms with E-state index in [1.54, 1.807) is 6.20 Å². The van der Waals surface area contributed by atoms with E-state index in [-0.39, 0.29) is 0 Å². The first kappa shape index (κ1) is 14.8. The molecule has 1 aromatic heterocycles. The Morgan fingerprint density at radius 2 is 2.15 bits per heavy atom. The van der Waals surface area contributed by atoms with E-state index in [4.69, 9.17) is 16.3 Å². The van der Waals surface area contributed by atoms with Crippen molar-refractivity contribution < 1.29 is 4.74 Å². The summed E-state index contributed by atoms with van der Waals surface area (Å²) in [6.45, 7) is 5.85. The van der Waals surface area contributed by atoms with E-state index in [0.717, 1.165) is 36.4 Å². The highest BCUT2D eigenvalue weighted by atomic mass is 35.5. The highest BCUT2D eigenvalue weighted by molar-refractivity contribution is 6.30. The molecule has 0 fully saturated rings. The minimum Gasteiger partial charge on any atom is -0.438 e. The number of nitrogens with one attached hydrogen (secondary N) is 1. The van der Waals surface area contributed by atoms with Crippen LogP contribution in [0, 0.1) is 6.92 Å². The second-order valence-corrected chi connectivity index (χ2v) is 5.09. The van der Waals surface area contributed by atoms with E-state index >= 15 is 0 Å². The molecule has 0 saturated carbocycles. The van der Waals surface area contributed by atoms with Crippen LogP contribution >= 0.6 is 11.6 Å². The molecule has 1 N–H and O–H groups in total. The first-order valence-electron chi connectivity index (χ1n) is 6.79. The van der Waals surface area contributed by atoms with Gasteiger partial charge in [-0.3, -0.25) is 0 Å². The molecule has 4 heteroatoms. The van der Waals surface area contributed by atoms with Crippen LogP contribution < -0.4 is 10.1 Å². The topological polar surface area (TPSA) is 34.2 Å². The molecular weight excluding hydrogens is 272 g/mol. The summed E-state index contributed by atoms with van der Waals surface area (Å²) in [5.41, 5.74) is 2.05. The number of aryl methyl sites for hydroxylation is 1. The van der Waals surface area contributed by atoms with Gasteiger partial charge in [0.1, 0.15) is 5.75 Å². The Labute approximate surface area is 124 Å². The summed E-state index contributed by atoms with van der Waals surface area (Å²) in [5, 5.41) is 4.07. The molecule has 0 amide bonds. The van der Waals surface area contributed by atoms with Crippen LogP contribution in [0.25, 0.3) is 0 Å². The third kappa shape index (κ3) is 3.95. The van der Waals surface area contributed by atoms with Crippen LogP contribution in [0.4, 0.5) is 0 Å². The minimum atomic E-state index is 0.640. The number of aromatic nitrogens is 1. The molecule has 2 rings (SSSR count). The zero-order valence-corrected chi connectivity index (χ0v) is 12.6. The van der Waals surface area contributed by atoms with Crippen molar-refractivity contribution in [3.05, 3.63) is 52.7 Å². The van der Waals surface area contributed by atoms with Crippen LogP contribution in [0.15, 0.2) is 36.5 Å². The number of pyridine rings is 1. The molecule has 0 saturated heterocycles. The Hall–Kier alpha value is -1.58. The van der Waals surface area contributed by atoms with Gasteiger partial charge in [-0.05, 0) is 49.7 Å². The van der Waals surface area contributed by atoms with Crippen molar-refractivity contribution in [3.8, 4) is 11.6 Å². The predicted octanol–water partition coefficient (Wildman–Crippen LogP) is 4.34. The van der Waals surface area contributed by atoms with Gasteiger partial charge in [-0.25, -0.2) is 4.98 Å². The van der Waals surface area contributed by atoms with Gasteiger partial charge in [-0.1, -0.05) is 24.6 Å². The van der Waals surface area contributed by atoms with Gasteiger partial charge < -0.3 is 10.1 Å². The molecule has 0 spiro atoms. The Balaban J connectivity index is 2.16. The number of rotatable bonds is 6. The monoisotopic (exact) mass is 290 g/mol. The predicted molar refractivity (Wildman–Crippen MR) is 82.5 cm³/mol. The zero-order chi connectivity index (χ0) is 14.4. The lowest BCUT2D eigenvalue weighted by Crippen LogP contribution is -2.14. The number of nitrogens with zero attached hydrogens (tertiary/aromatic N) is 1. The van der Waals surface area contributed by atoms with E-state index in [2.05, 4.69) is 17.2 Å². The van der Waals surface area contributed by atoms with E-state index in [9.17, 15) is 0 Å². The molecule has 3 nitrogen and oxygen atoms in total. The van der Waals surface area contributed by atoms with Gasteiger partial charge in [0.15, 0.2) is 0 Å². The highest BCUT2D eigenvalue weighted by Gasteiger charge is 2.08. The SMILES string of the molecule is CCCNCc1cccnc1Oc1ccc(Cl)cc1C. The van der Waals surface area contributed by atoms with E-state index in [1.807, 2.05) is 37.3 Å². The van der Waals surface area contributed by atoms with Crippen LogP contribution in [0.2, 0.25) is 5.02 Å². The van der Waals surface area contributed by atoms with E-state index in [0.29, 0.717) is 10.9 Å². The van der Waals surface area contributed by atoms with E-state index in [1.165, 1.54) is 0 Å². The van der Waals surface area contributed by atoms with Gasteiger partial charge >= 0.3 is 0 Å². The number of benzene rings is 1. The highest BCUT2D eigenvalue weighted by Crippen LogP contribution is 2.27. The molecule has 2 aromatic rings. The van der Waals surface area contributed by atoms with Gasteiger partial charge in [-0.2, -0.15) is 0 Å². The van der Waals surface area contributed by atoms with Crippen molar-refractivity contribution in [2.75, 3.05) is 6.54 Å². The second kappa shape index (κ2) is 7.27. The summed E-state index contributed by atoms with van der Waals surface area (Å²) in [7, 11) is 0. The van der Waals surface area contributed by atoms with Gasteiger partial charge in [0.25, 0.3) is 0 Å². The first-order chi connectivity index (χ1) is 9.70. The summed E-state index contributed by atoms with van der Waals surface area (Å²) >= 11 is 5.95. The van der Waals surface area contributed by atoms with Gasteiger partial charge in [0, 0.05) is 23.3 Å². The maximum atomic E-state index is 5.95. The fourth-order valence-corrected chi connectivity index (χ4v) is 2.11. The molecular formula is C16H19ClN2O. The van der Waals surface area contributed by atoms with Crippen LogP contribution in [-0.4, -0.2) is 11.5 Å². The van der Waals surface area contributed by atoms with Gasteiger partial charge in [0.05, 0.1) is 0 Å². The Kier molecular flexibility index (Phi) is 5.39. The van der Waals surface area contributed by atoms with Crippen molar-refractivity contribution in [2.45, 2.75) is 26.8 Å². The Morgan fingerprint density at radius 1 is 1.30 bits per heavy atom. The molecule has 0 bridgehead atoms. The summed E-state index contributed by atoms with van der Waals surface area (Å²) in [5.74, 6) is 1.42. The average molecular weight is 291 g/mol. The number of ether oxygens (including phenoxy) is 1. The van der Waals surface area contributed by atoms with Crippen molar-refractivity contribution in [2.24, 2.45) is 0 Å². The fourth-order valence-electron chi connectivity index (χ4n) is 1.88. The quantitative estimate of drug-likeness (QED) is 0.804. The molecule has 0 aliphatic rings. The molecule has 1 heterocycles. The number of hydrogen-bond acceptors (Lipinski definition) is 3. The van der Waals surface area contributed by atoms with Crippen LogP contribution in [0.1, 0.15) is 24.5 Å².